The standard InChI is InChI=1S/C25H18N2O4S/c1-3-14-27-21-13-12-18(24(29)30-2)16-22(21)32-25(27)26-23(28)17-8-7-11-20(15-17)31-19-9-5-4-6-10-19/h1,4-13,15-16H,14H2,2H3. The van der Waals surface area contributed by atoms with E-state index in [1.807, 2.05) is 30.3 Å². The molecule has 1 aromatic heterocycles. The second-order valence-electron chi connectivity index (χ2n) is 6.71. The van der Waals surface area contributed by atoms with Gasteiger partial charge in [-0.15, -0.1) is 6.42 Å². The van der Waals surface area contributed by atoms with Crippen molar-refractivity contribution < 1.29 is 19.1 Å². The molecule has 4 rings (SSSR count). The molecule has 6 nitrogen and oxygen atoms in total. The Morgan fingerprint density at radius 2 is 1.78 bits per heavy atom. The average molecular weight is 442 g/mol. The van der Waals surface area contributed by atoms with Crippen LogP contribution in [-0.2, 0) is 11.3 Å². The van der Waals surface area contributed by atoms with Gasteiger partial charge < -0.3 is 14.0 Å². The van der Waals surface area contributed by atoms with Gasteiger partial charge in [-0.3, -0.25) is 4.79 Å². The predicted molar refractivity (Wildman–Crippen MR) is 123 cm³/mol. The molecular weight excluding hydrogens is 424 g/mol. The van der Waals surface area contributed by atoms with Gasteiger partial charge in [-0.05, 0) is 48.5 Å². The highest BCUT2D eigenvalue weighted by Crippen LogP contribution is 2.23. The van der Waals surface area contributed by atoms with Gasteiger partial charge in [-0.2, -0.15) is 4.99 Å². The van der Waals surface area contributed by atoms with Gasteiger partial charge in [-0.25, -0.2) is 4.79 Å². The number of terminal acetylenes is 1. The van der Waals surface area contributed by atoms with Crippen LogP contribution >= 0.6 is 11.3 Å². The van der Waals surface area contributed by atoms with Gasteiger partial charge in [0.1, 0.15) is 11.5 Å². The lowest BCUT2D eigenvalue weighted by Gasteiger charge is -2.06. The zero-order valence-corrected chi connectivity index (χ0v) is 18.0. The summed E-state index contributed by atoms with van der Waals surface area (Å²) in [6, 6.07) is 21.3. The van der Waals surface area contributed by atoms with Crippen molar-refractivity contribution in [3.05, 3.63) is 88.7 Å². The minimum Gasteiger partial charge on any atom is -0.465 e. The van der Waals surface area contributed by atoms with Gasteiger partial charge in [-0.1, -0.05) is 41.5 Å². The van der Waals surface area contributed by atoms with Crippen LogP contribution in [0.2, 0.25) is 0 Å². The Morgan fingerprint density at radius 3 is 2.53 bits per heavy atom. The van der Waals surface area contributed by atoms with Crippen LogP contribution in [-0.4, -0.2) is 23.6 Å². The Balaban J connectivity index is 1.71. The maximum Gasteiger partial charge on any atom is 0.337 e. The lowest BCUT2D eigenvalue weighted by Crippen LogP contribution is -2.16. The Kier molecular flexibility index (Phi) is 6.15. The lowest BCUT2D eigenvalue weighted by atomic mass is 10.2. The average Bonchev–Trinajstić information content (AvgIpc) is 3.15. The van der Waals surface area contributed by atoms with E-state index in [1.165, 1.54) is 18.4 Å². The summed E-state index contributed by atoms with van der Waals surface area (Å²) in [5, 5.41) is 0. The molecule has 3 aromatic carbocycles. The molecule has 158 valence electrons. The first-order chi connectivity index (χ1) is 15.6. The molecule has 0 aliphatic carbocycles. The van der Waals surface area contributed by atoms with Crippen LogP contribution in [0.5, 0.6) is 11.5 Å². The number of benzene rings is 3. The molecule has 0 saturated carbocycles. The second-order valence-corrected chi connectivity index (χ2v) is 7.72. The molecule has 0 unspecified atom stereocenters. The van der Waals surface area contributed by atoms with E-state index in [9.17, 15) is 9.59 Å². The number of hydrogen-bond donors (Lipinski definition) is 0. The van der Waals surface area contributed by atoms with Crippen molar-refractivity contribution in [2.24, 2.45) is 4.99 Å². The van der Waals surface area contributed by atoms with Crippen molar-refractivity contribution in [2.75, 3.05) is 7.11 Å². The molecule has 1 heterocycles. The van der Waals surface area contributed by atoms with Crippen LogP contribution in [0.3, 0.4) is 0 Å². The number of carbonyl (C=O) groups is 2. The normalized spacial score (nSPS) is 11.2. The summed E-state index contributed by atoms with van der Waals surface area (Å²) < 4.78 is 13.1. The monoisotopic (exact) mass is 442 g/mol. The first kappa shape index (κ1) is 21.1. The smallest absolute Gasteiger partial charge is 0.337 e. The van der Waals surface area contributed by atoms with E-state index >= 15 is 0 Å². The maximum atomic E-state index is 12.9. The first-order valence-electron chi connectivity index (χ1n) is 9.66. The molecule has 7 heteroatoms. The SMILES string of the molecule is C#CCn1c(=NC(=O)c2cccc(Oc3ccccc3)c2)sc2cc(C(=O)OC)ccc21. The molecule has 4 aromatic rings. The van der Waals surface area contributed by atoms with E-state index in [0.717, 1.165) is 10.2 Å². The zero-order chi connectivity index (χ0) is 22.5. The highest BCUT2D eigenvalue weighted by atomic mass is 32.1. The highest BCUT2D eigenvalue weighted by molar-refractivity contribution is 7.16. The summed E-state index contributed by atoms with van der Waals surface area (Å²) in [4.78, 5) is 29.5. The fourth-order valence-electron chi connectivity index (χ4n) is 3.12. The molecular formula is C25H18N2O4S. The number of thiazole rings is 1. The van der Waals surface area contributed by atoms with Crippen molar-refractivity contribution in [1.29, 1.82) is 0 Å². The summed E-state index contributed by atoms with van der Waals surface area (Å²) in [6.07, 6.45) is 5.53. The molecule has 0 radical (unpaired) electrons. The highest BCUT2D eigenvalue weighted by Gasteiger charge is 2.13. The summed E-state index contributed by atoms with van der Waals surface area (Å²) >= 11 is 1.28. The largest absolute Gasteiger partial charge is 0.465 e. The van der Waals surface area contributed by atoms with Gasteiger partial charge in [0.15, 0.2) is 4.80 Å². The quantitative estimate of drug-likeness (QED) is 0.333. The third kappa shape index (κ3) is 4.46. The Morgan fingerprint density at radius 1 is 1.00 bits per heavy atom. The fraction of sp³-hybridized carbons (Fsp3) is 0.0800. The Hall–Kier alpha value is -4.15. The Bertz CT molecular complexity index is 1410. The minimum absolute atomic E-state index is 0.237. The third-order valence-corrected chi connectivity index (χ3v) is 5.65. The van der Waals surface area contributed by atoms with Crippen molar-refractivity contribution in [3.8, 4) is 23.8 Å². The number of methoxy groups -OCH3 is 1. The Labute approximate surface area is 188 Å². The molecule has 0 atom stereocenters. The first-order valence-corrected chi connectivity index (χ1v) is 10.5. The van der Waals surface area contributed by atoms with Crippen molar-refractivity contribution >= 4 is 33.4 Å². The predicted octanol–water partition coefficient (Wildman–Crippen LogP) is 4.66. The third-order valence-electron chi connectivity index (χ3n) is 4.61. The number of carbonyl (C=O) groups excluding carboxylic acids is 2. The van der Waals surface area contributed by atoms with E-state index in [0.29, 0.717) is 27.4 Å². The van der Waals surface area contributed by atoms with E-state index in [4.69, 9.17) is 15.9 Å². The molecule has 0 N–H and O–H groups in total. The maximum absolute atomic E-state index is 12.9. The fourth-order valence-corrected chi connectivity index (χ4v) is 4.18. The number of aromatic nitrogens is 1. The van der Waals surface area contributed by atoms with E-state index in [-0.39, 0.29) is 6.54 Å². The van der Waals surface area contributed by atoms with Crippen LogP contribution in [0, 0.1) is 12.3 Å². The molecule has 0 bridgehead atoms. The van der Waals surface area contributed by atoms with E-state index in [2.05, 4.69) is 10.9 Å². The number of nitrogens with zero attached hydrogens (tertiary/aromatic N) is 2. The van der Waals surface area contributed by atoms with Crippen molar-refractivity contribution in [2.45, 2.75) is 6.54 Å². The van der Waals surface area contributed by atoms with Crippen LogP contribution in [0.25, 0.3) is 10.2 Å². The summed E-state index contributed by atoms with van der Waals surface area (Å²) in [7, 11) is 1.33. The number of amides is 1. The minimum atomic E-state index is -0.436. The number of ether oxygens (including phenoxy) is 2. The number of rotatable bonds is 5. The van der Waals surface area contributed by atoms with Crippen LogP contribution in [0.15, 0.2) is 77.8 Å². The van der Waals surface area contributed by atoms with Gasteiger partial charge in [0.05, 0.1) is 29.4 Å². The molecule has 1 amide bonds. The van der Waals surface area contributed by atoms with Crippen LogP contribution in [0.4, 0.5) is 0 Å². The van der Waals surface area contributed by atoms with Crippen molar-refractivity contribution in [3.63, 3.8) is 0 Å². The molecule has 0 aliphatic heterocycles. The molecule has 0 aliphatic rings. The van der Waals surface area contributed by atoms with Crippen molar-refractivity contribution in [1.82, 2.24) is 4.57 Å². The number of hydrogen-bond acceptors (Lipinski definition) is 5. The van der Waals surface area contributed by atoms with Gasteiger partial charge in [0.25, 0.3) is 5.91 Å². The van der Waals surface area contributed by atoms with Crippen LogP contribution in [0.1, 0.15) is 20.7 Å². The zero-order valence-electron chi connectivity index (χ0n) is 17.1. The number of esters is 1. The summed E-state index contributed by atoms with van der Waals surface area (Å²) in [5.74, 6) is 2.94. The van der Waals surface area contributed by atoms with E-state index < -0.39 is 11.9 Å². The number of fused-ring (bicyclic) bond motifs is 1. The molecule has 0 saturated heterocycles. The summed E-state index contributed by atoms with van der Waals surface area (Å²) in [5.41, 5.74) is 1.59. The summed E-state index contributed by atoms with van der Waals surface area (Å²) in [6.45, 7) is 0.237. The van der Waals surface area contributed by atoms with Gasteiger partial charge in [0.2, 0.25) is 0 Å². The lowest BCUT2D eigenvalue weighted by molar-refractivity contribution is 0.0601. The molecule has 32 heavy (non-hydrogen) atoms. The second kappa shape index (κ2) is 9.33. The van der Waals surface area contributed by atoms with Crippen LogP contribution < -0.4 is 9.54 Å². The topological polar surface area (TPSA) is 69.9 Å². The van der Waals surface area contributed by atoms with Gasteiger partial charge >= 0.3 is 5.97 Å². The van der Waals surface area contributed by atoms with Gasteiger partial charge in [0, 0.05) is 5.56 Å². The number of para-hydroxylation sites is 1. The molecule has 0 spiro atoms. The molecule has 0 fully saturated rings. The van der Waals surface area contributed by atoms with E-state index in [1.54, 1.807) is 47.0 Å².